The number of carbonyl (C=O) groups is 2. The highest BCUT2D eigenvalue weighted by Crippen LogP contribution is 2.42. The molecule has 0 spiro atoms. The number of carboxylic acids is 1. The molecule has 3 rings (SSSR count). The van der Waals surface area contributed by atoms with Gasteiger partial charge in [0.2, 0.25) is 5.91 Å². The van der Waals surface area contributed by atoms with Crippen LogP contribution in [0.4, 0.5) is 0 Å². The van der Waals surface area contributed by atoms with E-state index in [9.17, 15) is 24.3 Å². The summed E-state index contributed by atoms with van der Waals surface area (Å²) in [5.74, 6) is -1.51. The van der Waals surface area contributed by atoms with Crippen LogP contribution in [0.25, 0.3) is 0 Å². The number of aliphatic carboxylic acids is 1. The lowest BCUT2D eigenvalue weighted by atomic mass is 9.74. The Morgan fingerprint density at radius 1 is 1.43 bits per heavy atom. The van der Waals surface area contributed by atoms with Crippen molar-refractivity contribution in [3.8, 4) is 0 Å². The van der Waals surface area contributed by atoms with Gasteiger partial charge in [0, 0.05) is 37.9 Å². The Balaban J connectivity index is 1.77. The average Bonchev–Trinajstić information content (AvgIpc) is 2.91. The smallest absolute Gasteiger partial charge is 0.328 e. The molecule has 2 atom stereocenters. The van der Waals surface area contributed by atoms with Gasteiger partial charge in [0.05, 0.1) is 12.0 Å². The Bertz CT molecular complexity index is 753. The third-order valence-corrected chi connectivity index (χ3v) is 4.69. The standard InChI is InChI=1S/C14H17N3O6/c18-10-1-3-16(13(22)15-10)6-11(19)17-5-9-7-23-4-2-14(9,8-17)12(20)21/h1,3,9H,2,4-8H2,(H,20,21)(H,15,18,22)/t9-,14+/m0/s1. The number of likely N-dealkylation sites (tertiary alicyclic amines) is 1. The van der Waals surface area contributed by atoms with Gasteiger partial charge < -0.3 is 14.7 Å². The second kappa shape index (κ2) is 5.65. The number of carboxylic acid groups (broad SMARTS) is 1. The summed E-state index contributed by atoms with van der Waals surface area (Å²) < 4.78 is 6.43. The van der Waals surface area contributed by atoms with Gasteiger partial charge in [0.25, 0.3) is 5.56 Å². The fourth-order valence-electron chi connectivity index (χ4n) is 3.30. The number of hydrogen-bond donors (Lipinski definition) is 2. The van der Waals surface area contributed by atoms with Gasteiger partial charge in [-0.05, 0) is 6.42 Å². The first-order valence-electron chi connectivity index (χ1n) is 7.31. The number of aromatic nitrogens is 2. The zero-order valence-corrected chi connectivity index (χ0v) is 12.4. The molecular weight excluding hydrogens is 306 g/mol. The van der Waals surface area contributed by atoms with Gasteiger partial charge >= 0.3 is 11.7 Å². The first kappa shape index (κ1) is 15.5. The number of aromatic amines is 1. The number of H-pyrrole nitrogens is 1. The van der Waals surface area contributed by atoms with Crippen LogP contribution in [0.3, 0.4) is 0 Å². The number of carbonyl (C=O) groups excluding carboxylic acids is 1. The molecule has 1 amide bonds. The molecule has 2 fully saturated rings. The third-order valence-electron chi connectivity index (χ3n) is 4.69. The van der Waals surface area contributed by atoms with E-state index < -0.39 is 22.6 Å². The molecule has 124 valence electrons. The zero-order valence-electron chi connectivity index (χ0n) is 12.4. The summed E-state index contributed by atoms with van der Waals surface area (Å²) in [4.78, 5) is 50.3. The molecule has 0 unspecified atom stereocenters. The monoisotopic (exact) mass is 323 g/mol. The number of amides is 1. The molecule has 1 aromatic rings. The Morgan fingerprint density at radius 2 is 2.22 bits per heavy atom. The summed E-state index contributed by atoms with van der Waals surface area (Å²) in [5.41, 5.74) is -2.17. The maximum Gasteiger partial charge on any atom is 0.328 e. The number of nitrogens with zero attached hydrogens (tertiary/aromatic N) is 2. The van der Waals surface area contributed by atoms with E-state index in [1.165, 1.54) is 11.1 Å². The van der Waals surface area contributed by atoms with Crippen molar-refractivity contribution < 1.29 is 19.4 Å². The van der Waals surface area contributed by atoms with E-state index in [2.05, 4.69) is 4.98 Å². The number of hydrogen-bond acceptors (Lipinski definition) is 5. The van der Waals surface area contributed by atoms with Gasteiger partial charge in [-0.1, -0.05) is 0 Å². The van der Waals surface area contributed by atoms with Crippen molar-refractivity contribution in [3.05, 3.63) is 33.1 Å². The molecule has 2 N–H and O–H groups in total. The lowest BCUT2D eigenvalue weighted by Crippen LogP contribution is -2.45. The molecule has 9 nitrogen and oxygen atoms in total. The molecule has 0 radical (unpaired) electrons. The summed E-state index contributed by atoms with van der Waals surface area (Å²) in [6.07, 6.45) is 1.62. The number of fused-ring (bicyclic) bond motifs is 1. The average molecular weight is 323 g/mol. The van der Waals surface area contributed by atoms with Crippen molar-refractivity contribution in [1.82, 2.24) is 14.5 Å². The summed E-state index contributed by atoms with van der Waals surface area (Å²) in [7, 11) is 0. The molecule has 2 aliphatic rings. The van der Waals surface area contributed by atoms with Gasteiger partial charge in [0.1, 0.15) is 6.54 Å². The van der Waals surface area contributed by atoms with E-state index in [0.717, 1.165) is 10.6 Å². The first-order valence-corrected chi connectivity index (χ1v) is 7.31. The Morgan fingerprint density at radius 3 is 2.87 bits per heavy atom. The van der Waals surface area contributed by atoms with E-state index in [1.54, 1.807) is 0 Å². The lowest BCUT2D eigenvalue weighted by molar-refractivity contribution is -0.157. The van der Waals surface area contributed by atoms with Crippen LogP contribution in [0.15, 0.2) is 21.9 Å². The molecule has 3 heterocycles. The quantitative estimate of drug-likeness (QED) is 0.697. The minimum atomic E-state index is -0.968. The van der Waals surface area contributed by atoms with Crippen LogP contribution in [0.5, 0.6) is 0 Å². The van der Waals surface area contributed by atoms with Crippen LogP contribution in [-0.2, 0) is 20.9 Å². The highest BCUT2D eigenvalue weighted by atomic mass is 16.5. The van der Waals surface area contributed by atoms with E-state index in [1.807, 2.05) is 0 Å². The molecule has 23 heavy (non-hydrogen) atoms. The largest absolute Gasteiger partial charge is 0.481 e. The fraction of sp³-hybridized carbons (Fsp3) is 0.571. The normalized spacial score (nSPS) is 26.8. The molecule has 9 heteroatoms. The number of ether oxygens (including phenoxy) is 1. The van der Waals surface area contributed by atoms with Gasteiger partial charge in [0.15, 0.2) is 0 Å². The topological polar surface area (TPSA) is 122 Å². The molecule has 0 aromatic carbocycles. The van der Waals surface area contributed by atoms with Crippen molar-refractivity contribution >= 4 is 11.9 Å². The van der Waals surface area contributed by atoms with Crippen molar-refractivity contribution in [1.29, 1.82) is 0 Å². The Hall–Kier alpha value is -2.42. The third kappa shape index (κ3) is 2.67. The molecule has 0 aliphatic carbocycles. The van der Waals surface area contributed by atoms with Crippen LogP contribution in [0.2, 0.25) is 0 Å². The molecular formula is C14H17N3O6. The Labute approximate surface area is 130 Å². The SMILES string of the molecule is O=C(Cn1ccc(=O)[nH]c1=O)N1C[C@H]2COCC[C@@]2(C(=O)O)C1. The first-order chi connectivity index (χ1) is 10.9. The van der Waals surface area contributed by atoms with Crippen LogP contribution >= 0.6 is 0 Å². The summed E-state index contributed by atoms with van der Waals surface area (Å²) >= 11 is 0. The van der Waals surface area contributed by atoms with Gasteiger partial charge in [-0.15, -0.1) is 0 Å². The summed E-state index contributed by atoms with van der Waals surface area (Å²) in [6.45, 7) is 0.855. The summed E-state index contributed by atoms with van der Waals surface area (Å²) in [6, 6.07) is 1.16. The van der Waals surface area contributed by atoms with E-state index in [-0.39, 0.29) is 24.9 Å². The zero-order chi connectivity index (χ0) is 16.6. The maximum absolute atomic E-state index is 12.4. The van der Waals surface area contributed by atoms with Gasteiger partial charge in [-0.2, -0.15) is 0 Å². The second-order valence-corrected chi connectivity index (χ2v) is 6.00. The molecule has 2 aliphatic heterocycles. The molecule has 0 saturated carbocycles. The second-order valence-electron chi connectivity index (χ2n) is 6.00. The lowest BCUT2D eigenvalue weighted by Gasteiger charge is -2.33. The van der Waals surface area contributed by atoms with Crippen molar-refractivity contribution in [2.75, 3.05) is 26.3 Å². The highest BCUT2D eigenvalue weighted by molar-refractivity contribution is 5.81. The van der Waals surface area contributed by atoms with Crippen molar-refractivity contribution in [2.24, 2.45) is 11.3 Å². The molecule has 0 bridgehead atoms. The predicted molar refractivity (Wildman–Crippen MR) is 76.9 cm³/mol. The van der Waals surface area contributed by atoms with E-state index in [0.29, 0.717) is 26.2 Å². The van der Waals surface area contributed by atoms with Gasteiger partial charge in [-0.25, -0.2) is 4.79 Å². The predicted octanol–water partition coefficient (Wildman–Crippen LogP) is -1.51. The van der Waals surface area contributed by atoms with E-state index in [4.69, 9.17) is 4.74 Å². The van der Waals surface area contributed by atoms with Crippen LogP contribution < -0.4 is 11.2 Å². The molecule has 1 aromatic heterocycles. The van der Waals surface area contributed by atoms with Crippen LogP contribution in [-0.4, -0.2) is 57.7 Å². The summed E-state index contributed by atoms with van der Waals surface area (Å²) in [5, 5.41) is 9.57. The Kier molecular flexibility index (Phi) is 3.80. The molecule has 2 saturated heterocycles. The number of nitrogens with one attached hydrogen (secondary N) is 1. The minimum Gasteiger partial charge on any atom is -0.481 e. The highest BCUT2D eigenvalue weighted by Gasteiger charge is 2.54. The van der Waals surface area contributed by atoms with Crippen LogP contribution in [0, 0.1) is 11.3 Å². The fourth-order valence-corrected chi connectivity index (χ4v) is 3.30. The van der Waals surface area contributed by atoms with E-state index >= 15 is 0 Å². The van der Waals surface area contributed by atoms with Crippen molar-refractivity contribution in [3.63, 3.8) is 0 Å². The van der Waals surface area contributed by atoms with Crippen LogP contribution in [0.1, 0.15) is 6.42 Å². The van der Waals surface area contributed by atoms with Gasteiger partial charge in [-0.3, -0.25) is 23.9 Å². The minimum absolute atomic E-state index is 0.118. The maximum atomic E-state index is 12.4. The number of rotatable bonds is 3. The van der Waals surface area contributed by atoms with Crippen molar-refractivity contribution in [2.45, 2.75) is 13.0 Å².